The fraction of sp³-hybridized carbons (Fsp3) is 0.950. The van der Waals surface area contributed by atoms with Gasteiger partial charge in [-0.05, 0) is 18.8 Å². The Kier molecular flexibility index (Phi) is 15.0. The van der Waals surface area contributed by atoms with Gasteiger partial charge in [0.2, 0.25) is 5.91 Å². The first kappa shape index (κ1) is 21.5. The molecule has 0 aliphatic rings. The summed E-state index contributed by atoms with van der Waals surface area (Å²) in [5, 5.41) is 0. The van der Waals surface area contributed by atoms with Crippen molar-refractivity contribution in [3.8, 4) is 0 Å². The smallest absolute Gasteiger partial charge is 0.220 e. The van der Waals surface area contributed by atoms with Crippen LogP contribution in [0.15, 0.2) is 0 Å². The highest BCUT2D eigenvalue weighted by molar-refractivity contribution is 5.76. The zero-order valence-corrected chi connectivity index (χ0v) is 15.5. The third-order valence-corrected chi connectivity index (χ3v) is 4.97. The quantitative estimate of drug-likeness (QED) is 0.337. The van der Waals surface area contributed by atoms with Crippen molar-refractivity contribution in [3.05, 3.63) is 0 Å². The van der Waals surface area contributed by atoms with Crippen LogP contribution in [0.4, 0.5) is 0 Å². The third kappa shape index (κ3) is 12.1. The van der Waals surface area contributed by atoms with E-state index in [1.165, 1.54) is 77.0 Å². The molecule has 2 heteroatoms. The summed E-state index contributed by atoms with van der Waals surface area (Å²) in [6.45, 7) is 6.74. The van der Waals surface area contributed by atoms with Gasteiger partial charge in [-0.25, -0.2) is 0 Å². The molecule has 2 atom stereocenters. The maximum Gasteiger partial charge on any atom is 0.220 e. The van der Waals surface area contributed by atoms with Gasteiger partial charge in [-0.15, -0.1) is 0 Å². The van der Waals surface area contributed by atoms with Crippen LogP contribution in [0.3, 0.4) is 0 Å². The van der Waals surface area contributed by atoms with Crippen molar-refractivity contribution in [1.82, 2.24) is 0 Å². The first-order chi connectivity index (χ1) is 10.7. The molecular weight excluding hydrogens is 270 g/mol. The van der Waals surface area contributed by atoms with Crippen LogP contribution in [-0.2, 0) is 4.79 Å². The number of primary amides is 1. The molecule has 0 spiro atoms. The molecule has 1 amide bonds. The summed E-state index contributed by atoms with van der Waals surface area (Å²) in [6.07, 6.45) is 17.6. The van der Waals surface area contributed by atoms with E-state index in [0.29, 0.717) is 5.92 Å². The minimum absolute atomic E-state index is 0.0714. The Morgan fingerprint density at radius 2 is 1.32 bits per heavy atom. The monoisotopic (exact) mass is 311 g/mol. The molecule has 0 aliphatic heterocycles. The molecule has 2 N–H and O–H groups in total. The molecule has 0 aromatic carbocycles. The van der Waals surface area contributed by atoms with E-state index in [2.05, 4.69) is 20.8 Å². The number of nitrogens with two attached hydrogens (primary N) is 1. The summed E-state index contributed by atoms with van der Waals surface area (Å²) in [7, 11) is 0. The first-order valence-electron chi connectivity index (χ1n) is 9.94. The van der Waals surface area contributed by atoms with E-state index in [1.807, 2.05) is 0 Å². The van der Waals surface area contributed by atoms with Crippen molar-refractivity contribution < 1.29 is 4.79 Å². The number of unbranched alkanes of at least 4 members (excludes halogenated alkanes) is 8. The molecular formula is C20H41NO. The number of amides is 1. The van der Waals surface area contributed by atoms with Crippen LogP contribution in [0.25, 0.3) is 0 Å². The van der Waals surface area contributed by atoms with Gasteiger partial charge in [-0.2, -0.15) is 0 Å². The van der Waals surface area contributed by atoms with Crippen LogP contribution in [0, 0.1) is 11.8 Å². The summed E-state index contributed by atoms with van der Waals surface area (Å²) in [4.78, 5) is 11.7. The van der Waals surface area contributed by atoms with Gasteiger partial charge < -0.3 is 5.73 Å². The lowest BCUT2D eigenvalue weighted by molar-refractivity contribution is -0.122. The lowest BCUT2D eigenvalue weighted by Gasteiger charge is -2.20. The molecule has 0 saturated heterocycles. The van der Waals surface area contributed by atoms with Gasteiger partial charge in [0.1, 0.15) is 0 Å². The molecule has 0 heterocycles. The molecule has 0 bridgehead atoms. The van der Waals surface area contributed by atoms with E-state index < -0.39 is 0 Å². The van der Waals surface area contributed by atoms with Crippen molar-refractivity contribution in [2.45, 2.75) is 111 Å². The van der Waals surface area contributed by atoms with Crippen LogP contribution in [0.1, 0.15) is 111 Å². The topological polar surface area (TPSA) is 43.1 Å². The van der Waals surface area contributed by atoms with Crippen LogP contribution in [-0.4, -0.2) is 5.91 Å². The van der Waals surface area contributed by atoms with Crippen molar-refractivity contribution >= 4 is 5.91 Å². The normalized spacial score (nSPS) is 14.0. The summed E-state index contributed by atoms with van der Waals surface area (Å²) >= 11 is 0. The Labute approximate surface area is 139 Å². The van der Waals surface area contributed by atoms with Crippen LogP contribution in [0.2, 0.25) is 0 Å². The number of carbonyl (C=O) groups excluding carboxylic acids is 1. The maximum atomic E-state index is 11.7. The average molecular weight is 312 g/mol. The lowest BCUT2D eigenvalue weighted by Crippen LogP contribution is -2.25. The molecule has 22 heavy (non-hydrogen) atoms. The summed E-state index contributed by atoms with van der Waals surface area (Å²) < 4.78 is 0. The van der Waals surface area contributed by atoms with E-state index >= 15 is 0 Å². The minimum atomic E-state index is -0.0714. The van der Waals surface area contributed by atoms with Gasteiger partial charge in [-0.1, -0.05) is 97.8 Å². The highest BCUT2D eigenvalue weighted by atomic mass is 16.1. The molecule has 0 fully saturated rings. The summed E-state index contributed by atoms with van der Waals surface area (Å²) in [5.74, 6) is 0.728. The molecule has 0 aliphatic carbocycles. The van der Waals surface area contributed by atoms with Crippen LogP contribution >= 0.6 is 0 Å². The van der Waals surface area contributed by atoms with Gasteiger partial charge in [-0.3, -0.25) is 4.79 Å². The van der Waals surface area contributed by atoms with E-state index in [0.717, 1.165) is 12.8 Å². The van der Waals surface area contributed by atoms with Crippen molar-refractivity contribution in [2.75, 3.05) is 0 Å². The predicted octanol–water partition coefficient (Wildman–Crippen LogP) is 6.23. The standard InChI is InChI=1S/C20H41NO/c1-4-7-9-10-11-12-13-14-16-19(20(21)22)17-18(6-3)15-8-5-2/h18-19H,4-17H2,1-3H3,(H2,21,22). The molecule has 0 saturated carbocycles. The van der Waals surface area contributed by atoms with E-state index in [9.17, 15) is 4.79 Å². The highest BCUT2D eigenvalue weighted by Crippen LogP contribution is 2.25. The molecule has 0 radical (unpaired) electrons. The van der Waals surface area contributed by atoms with E-state index in [-0.39, 0.29) is 11.8 Å². The van der Waals surface area contributed by atoms with Crippen molar-refractivity contribution in [1.29, 1.82) is 0 Å². The number of hydrogen-bond donors (Lipinski definition) is 1. The van der Waals surface area contributed by atoms with Gasteiger partial charge in [0, 0.05) is 5.92 Å². The minimum Gasteiger partial charge on any atom is -0.369 e. The highest BCUT2D eigenvalue weighted by Gasteiger charge is 2.19. The molecule has 132 valence electrons. The van der Waals surface area contributed by atoms with E-state index in [4.69, 9.17) is 5.73 Å². The van der Waals surface area contributed by atoms with Crippen molar-refractivity contribution in [2.24, 2.45) is 17.6 Å². The molecule has 2 unspecified atom stereocenters. The second-order valence-corrected chi connectivity index (χ2v) is 7.02. The van der Waals surface area contributed by atoms with Gasteiger partial charge >= 0.3 is 0 Å². The average Bonchev–Trinajstić information content (AvgIpc) is 2.51. The van der Waals surface area contributed by atoms with E-state index in [1.54, 1.807) is 0 Å². The van der Waals surface area contributed by atoms with Gasteiger partial charge in [0.05, 0.1) is 0 Å². The largest absolute Gasteiger partial charge is 0.369 e. The Morgan fingerprint density at radius 1 is 0.773 bits per heavy atom. The second kappa shape index (κ2) is 15.4. The maximum absolute atomic E-state index is 11.7. The second-order valence-electron chi connectivity index (χ2n) is 7.02. The Morgan fingerprint density at radius 3 is 1.82 bits per heavy atom. The Balaban J connectivity index is 3.82. The Bertz CT molecular complexity index is 252. The van der Waals surface area contributed by atoms with Crippen LogP contribution in [0.5, 0.6) is 0 Å². The molecule has 0 aromatic rings. The lowest BCUT2D eigenvalue weighted by atomic mass is 9.85. The third-order valence-electron chi connectivity index (χ3n) is 4.97. The first-order valence-corrected chi connectivity index (χ1v) is 9.94. The number of hydrogen-bond acceptors (Lipinski definition) is 1. The number of carbonyl (C=O) groups is 1. The zero-order valence-electron chi connectivity index (χ0n) is 15.5. The molecule has 0 rings (SSSR count). The number of rotatable bonds is 16. The summed E-state index contributed by atoms with van der Waals surface area (Å²) in [5.41, 5.74) is 5.63. The van der Waals surface area contributed by atoms with Gasteiger partial charge in [0.15, 0.2) is 0 Å². The Hall–Kier alpha value is -0.530. The van der Waals surface area contributed by atoms with Crippen LogP contribution < -0.4 is 5.73 Å². The summed E-state index contributed by atoms with van der Waals surface area (Å²) in [6, 6.07) is 0. The van der Waals surface area contributed by atoms with Gasteiger partial charge in [0.25, 0.3) is 0 Å². The van der Waals surface area contributed by atoms with Crippen molar-refractivity contribution in [3.63, 3.8) is 0 Å². The fourth-order valence-corrected chi connectivity index (χ4v) is 3.28. The fourth-order valence-electron chi connectivity index (χ4n) is 3.28. The molecule has 2 nitrogen and oxygen atoms in total. The SMILES string of the molecule is CCCCCCCCCCC(CC(CC)CCCC)C(N)=O. The predicted molar refractivity (Wildman–Crippen MR) is 97.8 cm³/mol. The zero-order chi connectivity index (χ0) is 16.6. The molecule has 0 aromatic heterocycles.